The van der Waals surface area contributed by atoms with Gasteiger partial charge in [-0.25, -0.2) is 4.57 Å². The Labute approximate surface area is 437 Å². The zero-order valence-corrected chi connectivity index (χ0v) is 46.0. The van der Waals surface area contributed by atoms with Crippen LogP contribution >= 0.6 is 7.82 Å². The number of carbonyl (C=O) groups excluding carboxylic acids is 3. The molecule has 0 aliphatic heterocycles. The molecule has 0 aromatic carbocycles. The molecule has 0 bridgehead atoms. The van der Waals surface area contributed by atoms with Crippen LogP contribution in [0.5, 0.6) is 0 Å². The van der Waals surface area contributed by atoms with Crippen molar-refractivity contribution in [1.29, 1.82) is 0 Å². The van der Waals surface area contributed by atoms with Gasteiger partial charge in [-0.15, -0.1) is 0 Å². The second-order valence-electron chi connectivity index (χ2n) is 18.0. The lowest BCUT2D eigenvalue weighted by molar-refractivity contribution is -0.161. The summed E-state index contributed by atoms with van der Waals surface area (Å²) in [5, 5.41) is 9.80. The summed E-state index contributed by atoms with van der Waals surface area (Å²) in [6.45, 7) is 4.26. The van der Waals surface area contributed by atoms with Crippen molar-refractivity contribution in [3.05, 3.63) is 109 Å². The largest absolute Gasteiger partial charge is 0.472 e. The highest BCUT2D eigenvalue weighted by Crippen LogP contribution is 2.43. The number of aliphatic hydroxyl groups excluding tert-OH is 1. The molecule has 0 heterocycles. The van der Waals surface area contributed by atoms with E-state index in [-0.39, 0.29) is 25.9 Å². The molecule has 0 amide bonds. The monoisotopic (exact) mass is 1030 g/mol. The number of phosphoric acid groups is 1. The van der Waals surface area contributed by atoms with E-state index in [2.05, 4.69) is 118 Å². The lowest BCUT2D eigenvalue weighted by Gasteiger charge is -2.21. The smallest absolute Gasteiger partial charge is 0.462 e. The van der Waals surface area contributed by atoms with Gasteiger partial charge in [0.1, 0.15) is 12.7 Å². The fourth-order valence-electron chi connectivity index (χ4n) is 7.00. The van der Waals surface area contributed by atoms with E-state index in [0.717, 1.165) is 135 Å². The van der Waals surface area contributed by atoms with Crippen LogP contribution in [-0.2, 0) is 42.2 Å². The van der Waals surface area contributed by atoms with Crippen LogP contribution < -0.4 is 0 Å². The molecule has 0 aromatic heterocycles. The number of carbonyl (C=O) groups is 3. The van der Waals surface area contributed by atoms with Crippen LogP contribution in [0.3, 0.4) is 0 Å². The minimum absolute atomic E-state index is 0.0971. The molecule has 11 nitrogen and oxygen atoms in total. The van der Waals surface area contributed by atoms with Crippen molar-refractivity contribution in [2.75, 3.05) is 26.4 Å². The Kier molecular flexibility index (Phi) is 50.6. The van der Waals surface area contributed by atoms with Gasteiger partial charge in [-0.1, -0.05) is 194 Å². The maximum atomic E-state index is 12.9. The van der Waals surface area contributed by atoms with E-state index in [9.17, 15) is 28.9 Å². The average molecular weight is 1030 g/mol. The molecule has 0 spiro atoms. The number of ether oxygens (including phenoxy) is 3. The number of hydrogen-bond donors (Lipinski definition) is 2. The highest BCUT2D eigenvalue weighted by atomic mass is 31.2. The highest BCUT2D eigenvalue weighted by Gasteiger charge is 2.28. The van der Waals surface area contributed by atoms with Crippen molar-refractivity contribution >= 4 is 25.7 Å². The van der Waals surface area contributed by atoms with E-state index in [0.29, 0.717) is 19.3 Å². The van der Waals surface area contributed by atoms with Gasteiger partial charge in [0.15, 0.2) is 6.10 Å². The van der Waals surface area contributed by atoms with Gasteiger partial charge in [0.2, 0.25) is 0 Å². The molecule has 0 radical (unpaired) electrons. The molecule has 0 saturated heterocycles. The molecular formula is C60H99O11P. The zero-order chi connectivity index (χ0) is 52.7. The van der Waals surface area contributed by atoms with Crippen LogP contribution in [0.15, 0.2) is 109 Å². The van der Waals surface area contributed by atoms with Gasteiger partial charge in [-0.05, 0) is 109 Å². The second-order valence-corrected chi connectivity index (χ2v) is 19.4. The first kappa shape index (κ1) is 68.1. The minimum Gasteiger partial charge on any atom is -0.462 e. The van der Waals surface area contributed by atoms with Crippen LogP contribution in [0.1, 0.15) is 213 Å². The molecule has 12 heteroatoms. The van der Waals surface area contributed by atoms with E-state index in [1.54, 1.807) is 0 Å². The van der Waals surface area contributed by atoms with E-state index >= 15 is 0 Å². The van der Waals surface area contributed by atoms with Crippen LogP contribution in [0.2, 0.25) is 0 Å². The molecule has 0 aliphatic carbocycles. The summed E-state index contributed by atoms with van der Waals surface area (Å²) in [5.41, 5.74) is 0. The average Bonchev–Trinajstić information content (AvgIpc) is 3.37. The number of aliphatic hydroxyl groups is 1. The van der Waals surface area contributed by atoms with Gasteiger partial charge >= 0.3 is 25.7 Å². The summed E-state index contributed by atoms with van der Waals surface area (Å²) in [6, 6.07) is 0. The predicted molar refractivity (Wildman–Crippen MR) is 297 cm³/mol. The third-order valence-corrected chi connectivity index (χ3v) is 12.1. The lowest BCUT2D eigenvalue weighted by atomic mass is 10.1. The number of unbranched alkanes of at least 4 members (excludes halogenated alkanes) is 15. The van der Waals surface area contributed by atoms with Gasteiger partial charge < -0.3 is 24.2 Å². The van der Waals surface area contributed by atoms with Crippen molar-refractivity contribution < 1.29 is 52.2 Å². The Morgan fingerprint density at radius 3 is 1.17 bits per heavy atom. The van der Waals surface area contributed by atoms with Crippen LogP contribution in [0, 0.1) is 0 Å². The summed E-state index contributed by atoms with van der Waals surface area (Å²) < 4.78 is 39.4. The first-order valence-electron chi connectivity index (χ1n) is 27.8. The van der Waals surface area contributed by atoms with E-state index < -0.39 is 57.8 Å². The highest BCUT2D eigenvalue weighted by molar-refractivity contribution is 7.47. The SMILES string of the molecule is CC/C=C\C/C=C\C/C=C\C/C=C\CCC(=O)OCC(COP(=O)(O)OCC(CO)OC(=O)CCCCCCC/C=C\C/C=C\CCCCC)OC(=O)CCCCCCCCC/C=C\C/C=C\C/C=C\CC. The topological polar surface area (TPSA) is 155 Å². The fourth-order valence-corrected chi connectivity index (χ4v) is 7.79. The number of esters is 3. The standard InChI is InChI=1S/C60H99O11P/c1-4-7-10-13-16-19-22-25-27-28-30-33-36-39-42-45-48-51-60(64)71-57(53-67-58(62)49-46-43-40-37-34-31-24-21-18-15-12-9-6-3)55-69-72(65,66)68-54-56(52-61)70-59(63)50-47-44-41-38-35-32-29-26-23-20-17-14-11-8-5-2/h7,9-10,12,16-21,25-27,29,31,34,40,43,56-57,61H,4-6,8,11,13-15,22-24,28,30,32-33,35-39,41-42,44-55H2,1-3H3,(H,65,66)/b10-7-,12-9-,19-16-,20-17-,21-18-,27-25-,29-26-,34-31-,43-40-. The molecule has 3 atom stereocenters. The first-order valence-corrected chi connectivity index (χ1v) is 29.3. The molecule has 0 saturated carbocycles. The van der Waals surface area contributed by atoms with Gasteiger partial charge in [0, 0.05) is 19.3 Å². The van der Waals surface area contributed by atoms with Crippen LogP contribution in [-0.4, -0.2) is 66.5 Å². The first-order chi connectivity index (χ1) is 35.2. The maximum absolute atomic E-state index is 12.9. The van der Waals surface area contributed by atoms with Gasteiger partial charge in [-0.3, -0.25) is 23.4 Å². The molecule has 0 aromatic rings. The molecule has 410 valence electrons. The minimum atomic E-state index is -4.77. The van der Waals surface area contributed by atoms with Crippen molar-refractivity contribution in [2.24, 2.45) is 0 Å². The Hall–Kier alpha value is -3.86. The fraction of sp³-hybridized carbons (Fsp3) is 0.650. The van der Waals surface area contributed by atoms with Crippen LogP contribution in [0.25, 0.3) is 0 Å². The number of rotatable bonds is 50. The summed E-state index contributed by atoms with van der Waals surface area (Å²) in [5.74, 6) is -1.60. The van der Waals surface area contributed by atoms with Crippen molar-refractivity contribution in [3.8, 4) is 0 Å². The quantitative estimate of drug-likeness (QED) is 0.0197. The molecule has 72 heavy (non-hydrogen) atoms. The molecule has 0 fully saturated rings. The summed E-state index contributed by atoms with van der Waals surface area (Å²) in [6.07, 6.45) is 63.5. The van der Waals surface area contributed by atoms with Gasteiger partial charge in [0.05, 0.1) is 19.8 Å². The number of phosphoric ester groups is 1. The normalized spacial score (nSPS) is 14.2. The third kappa shape index (κ3) is 51.1. The van der Waals surface area contributed by atoms with Crippen LogP contribution in [0.4, 0.5) is 0 Å². The van der Waals surface area contributed by atoms with Gasteiger partial charge in [0.25, 0.3) is 0 Å². The Bertz CT molecular complexity index is 1620. The summed E-state index contributed by atoms with van der Waals surface area (Å²) >= 11 is 0. The van der Waals surface area contributed by atoms with E-state index in [4.69, 9.17) is 23.3 Å². The molecule has 2 N–H and O–H groups in total. The molecular weight excluding hydrogens is 928 g/mol. The lowest BCUT2D eigenvalue weighted by Crippen LogP contribution is -2.30. The summed E-state index contributed by atoms with van der Waals surface area (Å²) in [4.78, 5) is 48.4. The van der Waals surface area contributed by atoms with Crippen molar-refractivity contribution in [3.63, 3.8) is 0 Å². The predicted octanol–water partition coefficient (Wildman–Crippen LogP) is 16.2. The second kappa shape index (κ2) is 53.4. The molecule has 3 unspecified atom stereocenters. The van der Waals surface area contributed by atoms with E-state index in [1.807, 2.05) is 12.2 Å². The maximum Gasteiger partial charge on any atom is 0.472 e. The van der Waals surface area contributed by atoms with E-state index in [1.165, 1.54) is 19.3 Å². The Balaban J connectivity index is 4.82. The van der Waals surface area contributed by atoms with Crippen molar-refractivity contribution in [1.82, 2.24) is 0 Å². The van der Waals surface area contributed by atoms with Crippen molar-refractivity contribution in [2.45, 2.75) is 226 Å². The number of hydrogen-bond acceptors (Lipinski definition) is 10. The number of allylic oxidation sites excluding steroid dienone is 18. The third-order valence-electron chi connectivity index (χ3n) is 11.2. The van der Waals surface area contributed by atoms with Gasteiger partial charge in [-0.2, -0.15) is 0 Å². The zero-order valence-electron chi connectivity index (χ0n) is 45.1. The Morgan fingerprint density at radius 1 is 0.403 bits per heavy atom. The molecule has 0 rings (SSSR count). The Morgan fingerprint density at radius 2 is 0.750 bits per heavy atom. The summed E-state index contributed by atoms with van der Waals surface area (Å²) in [7, 11) is -4.77. The molecule has 0 aliphatic rings.